The van der Waals surface area contributed by atoms with Gasteiger partial charge in [0.1, 0.15) is 11.4 Å². The Hall–Kier alpha value is -2.37. The zero-order valence-corrected chi connectivity index (χ0v) is 10.1. The zero-order valence-electron chi connectivity index (χ0n) is 10.1. The van der Waals surface area contributed by atoms with Crippen LogP contribution in [0.4, 0.5) is 0 Å². The molecule has 6 nitrogen and oxygen atoms in total. The number of nitrogens with one attached hydrogen (secondary N) is 2. The summed E-state index contributed by atoms with van der Waals surface area (Å²) in [5, 5.41) is 0. The van der Waals surface area contributed by atoms with Crippen LogP contribution in [0, 0.1) is 6.92 Å². The quantitative estimate of drug-likeness (QED) is 0.790. The standard InChI is InChI=1S/C12H13N3O3/c1-3-18-9-4-8(5-13-6-9)11(16)10-7(2)14-12(17)15-10/h4-6H,3H2,1-2H3,(H2,14,15,17). The SMILES string of the molecule is CCOc1cncc(C(=O)c2[nH]c(=O)[nH]c2C)c1. The number of hydrogen-bond donors (Lipinski definition) is 2. The van der Waals surface area contributed by atoms with E-state index in [1.54, 1.807) is 13.0 Å². The number of nitrogens with zero attached hydrogens (tertiary/aromatic N) is 1. The molecule has 0 aliphatic rings. The van der Waals surface area contributed by atoms with E-state index in [0.717, 1.165) is 0 Å². The lowest BCUT2D eigenvalue weighted by Gasteiger charge is -2.04. The highest BCUT2D eigenvalue weighted by atomic mass is 16.5. The number of imidazole rings is 1. The molecule has 0 bridgehead atoms. The summed E-state index contributed by atoms with van der Waals surface area (Å²) in [5.41, 5.74) is 0.728. The van der Waals surface area contributed by atoms with Crippen LogP contribution in [0.15, 0.2) is 23.3 Å². The molecule has 0 atom stereocenters. The minimum absolute atomic E-state index is 0.246. The first-order valence-corrected chi connectivity index (χ1v) is 5.53. The van der Waals surface area contributed by atoms with Crippen molar-refractivity contribution in [2.75, 3.05) is 6.61 Å². The van der Waals surface area contributed by atoms with Gasteiger partial charge in [0.25, 0.3) is 0 Å². The van der Waals surface area contributed by atoms with Crippen LogP contribution in [0.2, 0.25) is 0 Å². The summed E-state index contributed by atoms with van der Waals surface area (Å²) in [5.74, 6) is 0.235. The monoisotopic (exact) mass is 247 g/mol. The van der Waals surface area contributed by atoms with Crippen LogP contribution < -0.4 is 10.4 Å². The van der Waals surface area contributed by atoms with Crippen molar-refractivity contribution < 1.29 is 9.53 Å². The summed E-state index contributed by atoms with van der Waals surface area (Å²) in [6.07, 6.45) is 2.97. The maximum Gasteiger partial charge on any atom is 0.323 e. The summed E-state index contributed by atoms with van der Waals surface area (Å²) in [7, 11) is 0. The van der Waals surface area contributed by atoms with Crippen molar-refractivity contribution >= 4 is 5.78 Å². The summed E-state index contributed by atoms with van der Waals surface area (Å²) in [6, 6.07) is 1.60. The van der Waals surface area contributed by atoms with Gasteiger partial charge in [0.2, 0.25) is 5.78 Å². The predicted octanol–water partition coefficient (Wildman–Crippen LogP) is 1.04. The number of H-pyrrole nitrogens is 2. The molecule has 0 unspecified atom stereocenters. The molecule has 94 valence electrons. The molecule has 0 aliphatic carbocycles. The van der Waals surface area contributed by atoms with Gasteiger partial charge in [-0.15, -0.1) is 0 Å². The molecule has 0 aliphatic heterocycles. The van der Waals surface area contributed by atoms with Gasteiger partial charge in [-0.3, -0.25) is 9.78 Å². The largest absolute Gasteiger partial charge is 0.492 e. The Morgan fingerprint density at radius 1 is 1.39 bits per heavy atom. The third-order valence-electron chi connectivity index (χ3n) is 2.43. The Morgan fingerprint density at radius 2 is 2.17 bits per heavy atom. The zero-order chi connectivity index (χ0) is 13.1. The number of rotatable bonds is 4. The molecule has 0 saturated heterocycles. The average molecular weight is 247 g/mol. The molecule has 2 N–H and O–H groups in total. The number of carbonyl (C=O) groups is 1. The van der Waals surface area contributed by atoms with Gasteiger partial charge in [-0.25, -0.2) is 4.79 Å². The molecule has 2 aromatic heterocycles. The second-order valence-electron chi connectivity index (χ2n) is 3.75. The van der Waals surface area contributed by atoms with E-state index in [0.29, 0.717) is 23.6 Å². The Labute approximate surface area is 103 Å². The number of aryl methyl sites for hydroxylation is 1. The van der Waals surface area contributed by atoms with Crippen LogP contribution in [-0.2, 0) is 0 Å². The average Bonchev–Trinajstić information content (AvgIpc) is 2.68. The fourth-order valence-corrected chi connectivity index (χ4v) is 1.63. The van der Waals surface area contributed by atoms with Crippen LogP contribution in [0.5, 0.6) is 5.75 Å². The van der Waals surface area contributed by atoms with Gasteiger partial charge in [0.15, 0.2) is 0 Å². The van der Waals surface area contributed by atoms with Crippen molar-refractivity contribution in [1.82, 2.24) is 15.0 Å². The molecule has 0 saturated carbocycles. The molecular weight excluding hydrogens is 234 g/mol. The van der Waals surface area contributed by atoms with E-state index in [9.17, 15) is 9.59 Å². The maximum absolute atomic E-state index is 12.2. The van der Waals surface area contributed by atoms with Gasteiger partial charge in [-0.2, -0.15) is 0 Å². The summed E-state index contributed by atoms with van der Waals surface area (Å²) < 4.78 is 5.27. The topological polar surface area (TPSA) is 87.8 Å². The van der Waals surface area contributed by atoms with Crippen molar-refractivity contribution in [3.63, 3.8) is 0 Å². The number of ether oxygens (including phenoxy) is 1. The van der Waals surface area contributed by atoms with E-state index in [1.807, 2.05) is 6.92 Å². The Bertz CT molecular complexity index is 627. The molecule has 0 radical (unpaired) electrons. The number of ketones is 1. The molecule has 2 rings (SSSR count). The van der Waals surface area contributed by atoms with E-state index < -0.39 is 5.69 Å². The smallest absolute Gasteiger partial charge is 0.323 e. The van der Waals surface area contributed by atoms with Gasteiger partial charge < -0.3 is 14.7 Å². The van der Waals surface area contributed by atoms with Crippen LogP contribution in [0.25, 0.3) is 0 Å². The molecule has 0 spiro atoms. The molecule has 0 amide bonds. The summed E-state index contributed by atoms with van der Waals surface area (Å²) in [6.45, 7) is 4.01. The van der Waals surface area contributed by atoms with Gasteiger partial charge in [0.05, 0.1) is 12.8 Å². The van der Waals surface area contributed by atoms with Crippen molar-refractivity contribution in [2.24, 2.45) is 0 Å². The first kappa shape index (κ1) is 12.1. The minimum Gasteiger partial charge on any atom is -0.492 e. The van der Waals surface area contributed by atoms with Crippen molar-refractivity contribution in [2.45, 2.75) is 13.8 Å². The van der Waals surface area contributed by atoms with Crippen LogP contribution in [-0.4, -0.2) is 27.3 Å². The minimum atomic E-state index is -0.398. The normalized spacial score (nSPS) is 10.3. The molecule has 6 heteroatoms. The number of carbonyl (C=O) groups excluding carboxylic acids is 1. The Kier molecular flexibility index (Phi) is 3.27. The van der Waals surface area contributed by atoms with E-state index in [2.05, 4.69) is 15.0 Å². The molecule has 0 aromatic carbocycles. The predicted molar refractivity (Wildman–Crippen MR) is 65.0 cm³/mol. The van der Waals surface area contributed by atoms with Crippen LogP contribution >= 0.6 is 0 Å². The van der Waals surface area contributed by atoms with Crippen molar-refractivity contribution in [3.05, 3.63) is 45.9 Å². The lowest BCUT2D eigenvalue weighted by Crippen LogP contribution is -2.07. The van der Waals surface area contributed by atoms with E-state index in [-0.39, 0.29) is 11.5 Å². The molecule has 0 fully saturated rings. The summed E-state index contributed by atoms with van der Waals surface area (Å²) in [4.78, 5) is 32.2. The highest BCUT2D eigenvalue weighted by molar-refractivity contribution is 6.08. The second kappa shape index (κ2) is 4.87. The number of hydrogen-bond acceptors (Lipinski definition) is 4. The fourth-order valence-electron chi connectivity index (χ4n) is 1.63. The maximum atomic E-state index is 12.2. The summed E-state index contributed by atoms with van der Waals surface area (Å²) >= 11 is 0. The highest BCUT2D eigenvalue weighted by Gasteiger charge is 2.15. The third-order valence-corrected chi connectivity index (χ3v) is 2.43. The molecule has 18 heavy (non-hydrogen) atoms. The van der Waals surface area contributed by atoms with Gasteiger partial charge in [-0.1, -0.05) is 0 Å². The second-order valence-corrected chi connectivity index (χ2v) is 3.75. The molecule has 2 aromatic rings. The van der Waals surface area contributed by atoms with Crippen molar-refractivity contribution in [3.8, 4) is 5.75 Å². The van der Waals surface area contributed by atoms with Crippen LogP contribution in [0.1, 0.15) is 28.7 Å². The Morgan fingerprint density at radius 3 is 2.78 bits per heavy atom. The number of pyridine rings is 1. The number of aromatic nitrogens is 3. The van der Waals surface area contributed by atoms with Gasteiger partial charge >= 0.3 is 5.69 Å². The first-order chi connectivity index (χ1) is 8.61. The van der Waals surface area contributed by atoms with E-state index in [4.69, 9.17) is 4.74 Å². The molecular formula is C12H13N3O3. The molecule has 2 heterocycles. The van der Waals surface area contributed by atoms with Crippen molar-refractivity contribution in [1.29, 1.82) is 0 Å². The van der Waals surface area contributed by atoms with E-state index in [1.165, 1.54) is 12.4 Å². The first-order valence-electron chi connectivity index (χ1n) is 5.53. The lowest BCUT2D eigenvalue weighted by molar-refractivity contribution is 0.103. The van der Waals surface area contributed by atoms with Crippen LogP contribution in [0.3, 0.4) is 0 Å². The highest BCUT2D eigenvalue weighted by Crippen LogP contribution is 2.14. The third kappa shape index (κ3) is 2.32. The van der Waals surface area contributed by atoms with E-state index >= 15 is 0 Å². The Balaban J connectivity index is 2.36. The lowest BCUT2D eigenvalue weighted by atomic mass is 10.1. The van der Waals surface area contributed by atoms with Gasteiger partial charge in [-0.05, 0) is 19.9 Å². The number of aromatic amines is 2. The fraction of sp³-hybridized carbons (Fsp3) is 0.250. The van der Waals surface area contributed by atoms with Gasteiger partial charge in [0, 0.05) is 17.5 Å².